The van der Waals surface area contributed by atoms with Gasteiger partial charge >= 0.3 is 5.97 Å². The third kappa shape index (κ3) is 3.43. The van der Waals surface area contributed by atoms with Crippen molar-refractivity contribution in [1.82, 2.24) is 4.31 Å². The normalized spacial score (nSPS) is 22.4. The summed E-state index contributed by atoms with van der Waals surface area (Å²) in [5, 5.41) is 8.76. The smallest absolute Gasteiger partial charge is 0.307 e. The summed E-state index contributed by atoms with van der Waals surface area (Å²) in [5.74, 6) is -1.57. The van der Waals surface area contributed by atoms with Gasteiger partial charge in [0.15, 0.2) is 0 Å². The fourth-order valence-corrected chi connectivity index (χ4v) is 3.00. The minimum Gasteiger partial charge on any atom is -0.481 e. The summed E-state index contributed by atoms with van der Waals surface area (Å²) in [6.07, 6.45) is 0.392. The monoisotopic (exact) mass is 251 g/mol. The van der Waals surface area contributed by atoms with Gasteiger partial charge in [-0.3, -0.25) is 4.79 Å². The molecular weight excluding hydrogens is 234 g/mol. The van der Waals surface area contributed by atoms with E-state index in [9.17, 15) is 13.2 Å². The van der Waals surface area contributed by atoms with Gasteiger partial charge in [-0.25, -0.2) is 12.7 Å². The van der Waals surface area contributed by atoms with Crippen LogP contribution in [0.2, 0.25) is 0 Å². The summed E-state index contributed by atoms with van der Waals surface area (Å²) >= 11 is 0. The maximum absolute atomic E-state index is 11.7. The van der Waals surface area contributed by atoms with Gasteiger partial charge in [0, 0.05) is 19.7 Å². The second kappa shape index (κ2) is 5.60. The number of sulfonamides is 1. The summed E-state index contributed by atoms with van der Waals surface area (Å²) in [4.78, 5) is 10.7. The molecule has 1 unspecified atom stereocenters. The van der Waals surface area contributed by atoms with Gasteiger partial charge in [-0.05, 0) is 13.3 Å². The van der Waals surface area contributed by atoms with E-state index in [2.05, 4.69) is 0 Å². The van der Waals surface area contributed by atoms with Gasteiger partial charge in [0.05, 0.1) is 18.3 Å². The van der Waals surface area contributed by atoms with Gasteiger partial charge in [0.2, 0.25) is 10.0 Å². The Morgan fingerprint density at radius 2 is 2.25 bits per heavy atom. The van der Waals surface area contributed by atoms with E-state index in [0.717, 1.165) is 0 Å². The van der Waals surface area contributed by atoms with Crippen molar-refractivity contribution in [2.45, 2.75) is 13.3 Å². The first kappa shape index (κ1) is 13.4. The van der Waals surface area contributed by atoms with Crippen LogP contribution in [-0.4, -0.2) is 55.9 Å². The molecule has 6 nitrogen and oxygen atoms in total. The predicted octanol–water partition coefficient (Wildman–Crippen LogP) is -0.241. The van der Waals surface area contributed by atoms with Crippen LogP contribution in [0.4, 0.5) is 0 Å². The molecule has 0 amide bonds. The minimum absolute atomic E-state index is 0.0762. The highest BCUT2D eigenvalue weighted by Gasteiger charge is 2.34. The van der Waals surface area contributed by atoms with E-state index < -0.39 is 21.9 Å². The first-order valence-electron chi connectivity index (χ1n) is 5.25. The van der Waals surface area contributed by atoms with E-state index in [0.29, 0.717) is 19.6 Å². The number of hydrogen-bond acceptors (Lipinski definition) is 4. The lowest BCUT2D eigenvalue weighted by Gasteiger charge is -2.15. The number of hydrogen-bond donors (Lipinski definition) is 1. The fraction of sp³-hybridized carbons (Fsp3) is 0.889. The van der Waals surface area contributed by atoms with Gasteiger partial charge in [-0.1, -0.05) is 0 Å². The number of carbonyl (C=O) groups is 1. The second-order valence-corrected chi connectivity index (χ2v) is 5.78. The molecule has 94 valence electrons. The van der Waals surface area contributed by atoms with E-state index in [1.165, 1.54) is 4.31 Å². The van der Waals surface area contributed by atoms with Crippen LogP contribution in [-0.2, 0) is 19.6 Å². The summed E-state index contributed by atoms with van der Waals surface area (Å²) in [5.41, 5.74) is 0. The molecule has 0 aromatic carbocycles. The van der Waals surface area contributed by atoms with Crippen molar-refractivity contribution in [3.8, 4) is 0 Å². The Morgan fingerprint density at radius 3 is 2.75 bits per heavy atom. The molecule has 0 spiro atoms. The second-order valence-electron chi connectivity index (χ2n) is 3.69. The highest BCUT2D eigenvalue weighted by atomic mass is 32.2. The Kier molecular flexibility index (Phi) is 4.69. The molecule has 0 radical (unpaired) electrons. The SMILES string of the molecule is CCOCCS(=O)(=O)N1CCC(C(=O)O)C1. The van der Waals surface area contributed by atoms with Crippen LogP contribution in [0.1, 0.15) is 13.3 Å². The molecule has 1 heterocycles. The van der Waals surface area contributed by atoms with Crippen LogP contribution in [0, 0.1) is 5.92 Å². The van der Waals surface area contributed by atoms with Crippen LogP contribution in [0.15, 0.2) is 0 Å². The standard InChI is InChI=1S/C9H17NO5S/c1-2-15-5-6-16(13,14)10-4-3-8(7-10)9(11)12/h8H,2-7H2,1H3,(H,11,12). The Labute approximate surface area is 95.2 Å². The molecule has 1 atom stereocenters. The van der Waals surface area contributed by atoms with E-state index >= 15 is 0 Å². The van der Waals surface area contributed by atoms with Gasteiger partial charge in [-0.2, -0.15) is 0 Å². The lowest BCUT2D eigenvalue weighted by atomic mass is 10.1. The molecule has 0 aliphatic carbocycles. The van der Waals surface area contributed by atoms with Crippen molar-refractivity contribution in [3.63, 3.8) is 0 Å². The van der Waals surface area contributed by atoms with Gasteiger partial charge in [0.25, 0.3) is 0 Å². The van der Waals surface area contributed by atoms with Crippen LogP contribution in [0.3, 0.4) is 0 Å². The molecule has 0 aromatic heterocycles. The quantitative estimate of drug-likeness (QED) is 0.659. The number of ether oxygens (including phenoxy) is 1. The number of nitrogens with zero attached hydrogens (tertiary/aromatic N) is 1. The Balaban J connectivity index is 2.48. The largest absolute Gasteiger partial charge is 0.481 e. The molecule has 1 saturated heterocycles. The van der Waals surface area contributed by atoms with Crippen LogP contribution < -0.4 is 0 Å². The van der Waals surface area contributed by atoms with E-state index in [4.69, 9.17) is 9.84 Å². The highest BCUT2D eigenvalue weighted by Crippen LogP contribution is 2.19. The third-order valence-corrected chi connectivity index (χ3v) is 4.38. The summed E-state index contributed by atoms with van der Waals surface area (Å²) < 4.78 is 29.7. The molecule has 1 aliphatic heterocycles. The zero-order chi connectivity index (χ0) is 12.2. The molecule has 1 rings (SSSR count). The maximum Gasteiger partial charge on any atom is 0.307 e. The van der Waals surface area contributed by atoms with Crippen molar-refractivity contribution < 1.29 is 23.1 Å². The molecule has 1 aliphatic rings. The fourth-order valence-electron chi connectivity index (χ4n) is 1.62. The third-order valence-electron chi connectivity index (χ3n) is 2.58. The molecule has 7 heteroatoms. The first-order chi connectivity index (χ1) is 7.47. The minimum atomic E-state index is -3.35. The van der Waals surface area contributed by atoms with E-state index in [1.54, 1.807) is 6.92 Å². The van der Waals surface area contributed by atoms with Crippen molar-refractivity contribution in [1.29, 1.82) is 0 Å². The van der Waals surface area contributed by atoms with Crippen molar-refractivity contribution in [2.75, 3.05) is 32.1 Å². The Morgan fingerprint density at radius 1 is 1.56 bits per heavy atom. The van der Waals surface area contributed by atoms with E-state index in [-0.39, 0.29) is 18.9 Å². The average Bonchev–Trinajstić information content (AvgIpc) is 2.67. The molecule has 1 N–H and O–H groups in total. The Hall–Kier alpha value is -0.660. The van der Waals surface area contributed by atoms with Crippen molar-refractivity contribution in [3.05, 3.63) is 0 Å². The molecular formula is C9H17NO5S. The van der Waals surface area contributed by atoms with Crippen molar-refractivity contribution >= 4 is 16.0 Å². The molecule has 0 bridgehead atoms. The number of carboxylic acids is 1. The van der Waals surface area contributed by atoms with Crippen molar-refractivity contribution in [2.24, 2.45) is 5.92 Å². The zero-order valence-corrected chi connectivity index (χ0v) is 10.1. The average molecular weight is 251 g/mol. The lowest BCUT2D eigenvalue weighted by Crippen LogP contribution is -2.33. The van der Waals surface area contributed by atoms with E-state index in [1.807, 2.05) is 0 Å². The maximum atomic E-state index is 11.7. The van der Waals surface area contributed by atoms with Crippen LogP contribution >= 0.6 is 0 Å². The van der Waals surface area contributed by atoms with Crippen LogP contribution in [0.25, 0.3) is 0 Å². The highest BCUT2D eigenvalue weighted by molar-refractivity contribution is 7.89. The predicted molar refractivity (Wildman–Crippen MR) is 57.6 cm³/mol. The van der Waals surface area contributed by atoms with Gasteiger partial charge in [-0.15, -0.1) is 0 Å². The topological polar surface area (TPSA) is 83.9 Å². The number of aliphatic carboxylic acids is 1. The summed E-state index contributed by atoms with van der Waals surface area (Å²) in [6.45, 7) is 2.82. The number of rotatable bonds is 6. The first-order valence-corrected chi connectivity index (χ1v) is 6.86. The molecule has 0 aromatic rings. The lowest BCUT2D eigenvalue weighted by molar-refractivity contribution is -0.141. The molecule has 0 saturated carbocycles. The van der Waals surface area contributed by atoms with Crippen LogP contribution in [0.5, 0.6) is 0 Å². The molecule has 1 fully saturated rings. The Bertz CT molecular complexity index is 340. The zero-order valence-electron chi connectivity index (χ0n) is 9.26. The number of carboxylic acid groups (broad SMARTS) is 1. The molecule has 16 heavy (non-hydrogen) atoms. The summed E-state index contributed by atoms with van der Waals surface area (Å²) in [7, 11) is -3.35. The summed E-state index contributed by atoms with van der Waals surface area (Å²) in [6, 6.07) is 0. The van der Waals surface area contributed by atoms with Gasteiger partial charge < -0.3 is 9.84 Å². The van der Waals surface area contributed by atoms with Gasteiger partial charge in [0.1, 0.15) is 0 Å².